The van der Waals surface area contributed by atoms with E-state index >= 15 is 0 Å². The third-order valence-corrected chi connectivity index (χ3v) is 1.62. The molecule has 0 aromatic rings. The van der Waals surface area contributed by atoms with Crippen molar-refractivity contribution >= 4 is 0 Å². The average Bonchev–Trinajstić information content (AvgIpc) is 2.15. The Morgan fingerprint density at radius 1 is 1.58 bits per heavy atom. The number of nitrogens with zero attached hydrogens (tertiary/aromatic N) is 4. The van der Waals surface area contributed by atoms with E-state index in [1.165, 1.54) is 0 Å². The lowest BCUT2D eigenvalue weighted by atomic mass is 10.5. The normalized spacial score (nSPS) is 18.2. The highest BCUT2D eigenvalue weighted by Crippen LogP contribution is 2.02. The molecule has 0 saturated carbocycles. The van der Waals surface area contributed by atoms with E-state index < -0.39 is 0 Å². The third-order valence-electron chi connectivity index (χ3n) is 1.62. The van der Waals surface area contributed by atoms with Gasteiger partial charge in [0.15, 0.2) is 0 Å². The van der Waals surface area contributed by atoms with Crippen LogP contribution in [0.4, 0.5) is 0 Å². The fraction of sp³-hybridized carbons (Fsp3) is 0.833. The Balaban J connectivity index is 2.41. The van der Waals surface area contributed by atoms with Gasteiger partial charge >= 0.3 is 0 Å². The quantitative estimate of drug-likeness (QED) is 0.331. The van der Waals surface area contributed by atoms with Crippen LogP contribution in [-0.2, 0) is 4.74 Å². The molecule has 6 heteroatoms. The maximum Gasteiger partial charge on any atom is 0.143 e. The van der Waals surface area contributed by atoms with Gasteiger partial charge in [-0.3, -0.25) is 0 Å². The molecule has 0 unspecified atom stereocenters. The van der Waals surface area contributed by atoms with Crippen molar-refractivity contribution in [2.75, 3.05) is 32.8 Å². The van der Waals surface area contributed by atoms with E-state index in [1.807, 2.05) is 6.07 Å². The highest BCUT2D eigenvalue weighted by molar-refractivity contribution is 4.74. The molecule has 1 heterocycles. The van der Waals surface area contributed by atoms with Crippen LogP contribution >= 0.6 is 0 Å². The number of nitriles is 1. The van der Waals surface area contributed by atoms with E-state index in [2.05, 4.69) is 5.29 Å². The van der Waals surface area contributed by atoms with Crippen molar-refractivity contribution in [3.8, 4) is 6.07 Å². The molecule has 1 fully saturated rings. The molecule has 1 rings (SSSR count). The highest BCUT2D eigenvalue weighted by atomic mass is 16.5. The number of hydrogen-bond acceptors (Lipinski definition) is 5. The van der Waals surface area contributed by atoms with Crippen molar-refractivity contribution in [2.24, 2.45) is 5.29 Å². The van der Waals surface area contributed by atoms with Crippen LogP contribution in [0.3, 0.4) is 0 Å². The molecule has 12 heavy (non-hydrogen) atoms. The second kappa shape index (κ2) is 4.64. The number of ether oxygens (including phenoxy) is 1. The van der Waals surface area contributed by atoms with Crippen molar-refractivity contribution in [1.29, 1.82) is 5.26 Å². The molecule has 0 radical (unpaired) electrons. The summed E-state index contributed by atoms with van der Waals surface area (Å²) in [4.78, 5) is 10.2. The van der Waals surface area contributed by atoms with Crippen molar-refractivity contribution in [3.63, 3.8) is 0 Å². The van der Waals surface area contributed by atoms with Gasteiger partial charge in [0.05, 0.1) is 24.6 Å². The predicted octanol–water partition coefficient (Wildman–Crippen LogP) is -0.259. The van der Waals surface area contributed by atoms with Gasteiger partial charge in [-0.05, 0) is 0 Å². The minimum atomic E-state index is 0.00347. The zero-order valence-electron chi connectivity index (χ0n) is 6.64. The maximum atomic E-state index is 10.2. The molecule has 1 aliphatic rings. The summed E-state index contributed by atoms with van der Waals surface area (Å²) in [6.45, 7) is 2.40. The van der Waals surface area contributed by atoms with Crippen LogP contribution in [0.25, 0.3) is 0 Å². The Labute approximate surface area is 70.2 Å². The topological polar surface area (TPSA) is 68.9 Å². The summed E-state index contributed by atoms with van der Waals surface area (Å²) in [7, 11) is 0. The molecule has 6 nitrogen and oxygen atoms in total. The van der Waals surface area contributed by atoms with Crippen LogP contribution in [0.15, 0.2) is 5.29 Å². The predicted molar refractivity (Wildman–Crippen MR) is 40.5 cm³/mol. The smallest absolute Gasteiger partial charge is 0.143 e. The second-order valence-corrected chi connectivity index (χ2v) is 2.34. The van der Waals surface area contributed by atoms with Crippen LogP contribution in [0.1, 0.15) is 0 Å². The average molecular weight is 170 g/mol. The van der Waals surface area contributed by atoms with Crippen LogP contribution in [0.2, 0.25) is 0 Å². The molecule has 1 saturated heterocycles. The molecule has 66 valence electrons. The Hall–Kier alpha value is -1.19. The zero-order valence-corrected chi connectivity index (χ0v) is 6.64. The van der Waals surface area contributed by atoms with Gasteiger partial charge in [-0.1, -0.05) is 0 Å². The van der Waals surface area contributed by atoms with E-state index in [-0.39, 0.29) is 6.54 Å². The van der Waals surface area contributed by atoms with Crippen molar-refractivity contribution in [1.82, 2.24) is 10.1 Å². The molecule has 0 spiro atoms. The second-order valence-electron chi connectivity index (χ2n) is 2.34. The summed E-state index contributed by atoms with van der Waals surface area (Å²) < 4.78 is 5.08. The number of morpholine rings is 1. The number of hydrogen-bond donors (Lipinski definition) is 0. The first kappa shape index (κ1) is 8.90. The first-order valence-corrected chi connectivity index (χ1v) is 3.69. The zero-order chi connectivity index (χ0) is 8.81. The van der Waals surface area contributed by atoms with Gasteiger partial charge in [0.2, 0.25) is 0 Å². The Kier molecular flexibility index (Phi) is 3.44. The molecule has 0 aromatic heterocycles. The summed E-state index contributed by atoms with van der Waals surface area (Å²) in [5, 5.41) is 13.9. The summed E-state index contributed by atoms with van der Waals surface area (Å²) in [6.07, 6.45) is 0. The lowest BCUT2D eigenvalue weighted by Gasteiger charge is -2.31. The summed E-state index contributed by atoms with van der Waals surface area (Å²) in [6, 6.07) is 1.87. The van der Waals surface area contributed by atoms with Gasteiger partial charge < -0.3 is 4.74 Å². The lowest BCUT2D eigenvalue weighted by molar-refractivity contribution is -0.0836. The molecule has 0 aliphatic carbocycles. The molecule has 0 N–H and O–H groups in total. The maximum absolute atomic E-state index is 10.2. The fourth-order valence-corrected chi connectivity index (χ4v) is 1.03. The van der Waals surface area contributed by atoms with Crippen LogP contribution in [-0.4, -0.2) is 43.0 Å². The van der Waals surface area contributed by atoms with E-state index in [9.17, 15) is 4.91 Å². The minimum Gasteiger partial charge on any atom is -0.379 e. The SMILES string of the molecule is N#CCN(N=O)N1CCOCC1. The van der Waals surface area contributed by atoms with Gasteiger partial charge in [0.25, 0.3) is 0 Å². The van der Waals surface area contributed by atoms with Gasteiger partial charge in [-0.25, -0.2) is 0 Å². The Morgan fingerprint density at radius 3 is 2.75 bits per heavy atom. The number of rotatable bonds is 3. The molecule has 0 amide bonds. The largest absolute Gasteiger partial charge is 0.379 e. The monoisotopic (exact) mass is 170 g/mol. The van der Waals surface area contributed by atoms with Crippen LogP contribution in [0.5, 0.6) is 0 Å². The summed E-state index contributed by atoms with van der Waals surface area (Å²) in [5.74, 6) is 0. The molecule has 0 aromatic carbocycles. The van der Waals surface area contributed by atoms with Gasteiger partial charge in [0, 0.05) is 13.1 Å². The van der Waals surface area contributed by atoms with E-state index in [0.717, 1.165) is 5.12 Å². The molecular weight excluding hydrogens is 160 g/mol. The Morgan fingerprint density at radius 2 is 2.25 bits per heavy atom. The van der Waals surface area contributed by atoms with E-state index in [4.69, 9.17) is 10.00 Å². The van der Waals surface area contributed by atoms with Gasteiger partial charge in [-0.2, -0.15) is 15.4 Å². The minimum absolute atomic E-state index is 0.00347. The van der Waals surface area contributed by atoms with Gasteiger partial charge in [0.1, 0.15) is 6.54 Å². The first-order chi connectivity index (χ1) is 5.88. The van der Waals surface area contributed by atoms with Crippen molar-refractivity contribution < 1.29 is 4.74 Å². The first-order valence-electron chi connectivity index (χ1n) is 3.69. The van der Waals surface area contributed by atoms with Crippen molar-refractivity contribution in [3.05, 3.63) is 4.91 Å². The molecule has 0 bridgehead atoms. The highest BCUT2D eigenvalue weighted by Gasteiger charge is 2.17. The molecular formula is C6H10N4O2. The molecule has 1 aliphatic heterocycles. The van der Waals surface area contributed by atoms with Crippen LogP contribution < -0.4 is 0 Å². The Bertz CT molecular complexity index is 184. The lowest BCUT2D eigenvalue weighted by Crippen LogP contribution is -2.46. The van der Waals surface area contributed by atoms with E-state index in [1.54, 1.807) is 5.01 Å². The standard InChI is InChI=1S/C6H10N4O2/c7-1-2-10(8-11)9-3-5-12-6-4-9/h2-6H2. The summed E-state index contributed by atoms with van der Waals surface area (Å²) >= 11 is 0. The third kappa shape index (κ3) is 2.15. The van der Waals surface area contributed by atoms with Gasteiger partial charge in [-0.15, -0.1) is 4.91 Å². The van der Waals surface area contributed by atoms with Crippen molar-refractivity contribution in [2.45, 2.75) is 0 Å². The summed E-state index contributed by atoms with van der Waals surface area (Å²) in [5.41, 5.74) is 0. The molecule has 0 atom stereocenters. The number of hydrazine groups is 1. The fourth-order valence-electron chi connectivity index (χ4n) is 1.03. The van der Waals surface area contributed by atoms with Crippen LogP contribution in [0, 0.1) is 16.2 Å². The van der Waals surface area contributed by atoms with E-state index in [0.29, 0.717) is 26.3 Å². The number of nitroso groups, excluding NO2 is 1.